The molecule has 5 nitrogen and oxygen atoms in total. The van der Waals surface area contributed by atoms with Crippen LogP contribution in [0.4, 0.5) is 10.1 Å². The molecule has 0 bridgehead atoms. The van der Waals surface area contributed by atoms with Crippen LogP contribution in [-0.4, -0.2) is 15.9 Å². The number of nitrogens with one attached hydrogen (secondary N) is 1. The van der Waals surface area contributed by atoms with E-state index in [9.17, 15) is 9.18 Å². The first-order valence-corrected chi connectivity index (χ1v) is 9.33. The van der Waals surface area contributed by atoms with Gasteiger partial charge in [-0.3, -0.25) is 9.78 Å². The molecule has 3 aromatic carbocycles. The average Bonchev–Trinajstić information content (AvgIpc) is 2.81. The number of nitrogens with zero attached hydrogens (tertiary/aromatic N) is 2. The molecule has 1 heterocycles. The van der Waals surface area contributed by atoms with Crippen molar-refractivity contribution in [3.8, 4) is 17.0 Å². The SMILES string of the molecule is O=C(Nc1ccc(F)c(COc2cnccn2)c1)c1ccc(-c2ccccc2)cc1. The third-order valence-corrected chi connectivity index (χ3v) is 4.47. The van der Waals surface area contributed by atoms with Gasteiger partial charge in [0.05, 0.1) is 6.20 Å². The van der Waals surface area contributed by atoms with Gasteiger partial charge in [-0.25, -0.2) is 9.37 Å². The topological polar surface area (TPSA) is 64.1 Å². The fourth-order valence-electron chi connectivity index (χ4n) is 2.92. The summed E-state index contributed by atoms with van der Waals surface area (Å²) in [5, 5.41) is 2.79. The highest BCUT2D eigenvalue weighted by atomic mass is 19.1. The molecule has 1 N–H and O–H groups in total. The number of benzene rings is 3. The van der Waals surface area contributed by atoms with Gasteiger partial charge in [0.2, 0.25) is 5.88 Å². The van der Waals surface area contributed by atoms with Gasteiger partial charge in [-0.05, 0) is 41.5 Å². The van der Waals surface area contributed by atoms with Crippen LogP contribution in [0.15, 0.2) is 91.4 Å². The molecule has 0 aliphatic rings. The Morgan fingerprint density at radius 1 is 0.933 bits per heavy atom. The standard InChI is InChI=1S/C24H18FN3O2/c25-22-11-10-21(14-20(22)16-30-23-15-26-12-13-27-23)28-24(29)19-8-6-18(7-9-19)17-4-2-1-3-5-17/h1-15H,16H2,(H,28,29). The molecule has 30 heavy (non-hydrogen) atoms. The molecule has 6 heteroatoms. The van der Waals surface area contributed by atoms with Crippen LogP contribution in [0.25, 0.3) is 11.1 Å². The third kappa shape index (κ3) is 4.67. The van der Waals surface area contributed by atoms with E-state index in [1.807, 2.05) is 42.5 Å². The molecule has 1 amide bonds. The van der Waals surface area contributed by atoms with Crippen molar-refractivity contribution < 1.29 is 13.9 Å². The van der Waals surface area contributed by atoms with Crippen LogP contribution in [0, 0.1) is 5.82 Å². The van der Waals surface area contributed by atoms with Gasteiger partial charge in [-0.15, -0.1) is 0 Å². The van der Waals surface area contributed by atoms with Crippen LogP contribution in [0.1, 0.15) is 15.9 Å². The molecular weight excluding hydrogens is 381 g/mol. The molecule has 1 aromatic heterocycles. The predicted molar refractivity (Wildman–Crippen MR) is 113 cm³/mol. The molecular formula is C24H18FN3O2. The number of aromatic nitrogens is 2. The molecule has 4 rings (SSSR count). The Morgan fingerprint density at radius 2 is 1.70 bits per heavy atom. The fourth-order valence-corrected chi connectivity index (χ4v) is 2.92. The van der Waals surface area contributed by atoms with Gasteiger partial charge in [0.1, 0.15) is 12.4 Å². The van der Waals surface area contributed by atoms with E-state index >= 15 is 0 Å². The van der Waals surface area contributed by atoms with Crippen LogP contribution in [0.3, 0.4) is 0 Å². The molecule has 0 saturated carbocycles. The second-order valence-corrected chi connectivity index (χ2v) is 6.54. The van der Waals surface area contributed by atoms with Gasteiger partial charge in [0.25, 0.3) is 5.91 Å². The summed E-state index contributed by atoms with van der Waals surface area (Å²) in [6.45, 7) is -0.0278. The zero-order valence-corrected chi connectivity index (χ0v) is 16.0. The Balaban J connectivity index is 1.44. The zero-order valence-electron chi connectivity index (χ0n) is 16.0. The quantitative estimate of drug-likeness (QED) is 0.489. The van der Waals surface area contributed by atoms with Gasteiger partial charge in [-0.2, -0.15) is 0 Å². The van der Waals surface area contributed by atoms with Gasteiger partial charge < -0.3 is 10.1 Å². The molecule has 0 saturated heterocycles. The first-order chi connectivity index (χ1) is 14.7. The first-order valence-electron chi connectivity index (χ1n) is 9.33. The highest BCUT2D eigenvalue weighted by molar-refractivity contribution is 6.04. The fraction of sp³-hybridized carbons (Fsp3) is 0.0417. The maximum atomic E-state index is 14.1. The molecule has 0 unspecified atom stereocenters. The highest BCUT2D eigenvalue weighted by Crippen LogP contribution is 2.21. The number of carbonyl (C=O) groups excluding carboxylic acids is 1. The van der Waals surface area contributed by atoms with E-state index in [4.69, 9.17) is 4.74 Å². The maximum Gasteiger partial charge on any atom is 0.255 e. The Morgan fingerprint density at radius 3 is 2.43 bits per heavy atom. The lowest BCUT2D eigenvalue weighted by molar-refractivity contribution is 0.102. The van der Waals surface area contributed by atoms with Crippen LogP contribution in [-0.2, 0) is 6.61 Å². The predicted octanol–water partition coefficient (Wildman–Crippen LogP) is 5.11. The second-order valence-electron chi connectivity index (χ2n) is 6.54. The molecule has 0 aliphatic heterocycles. The van der Waals surface area contributed by atoms with Crippen LogP contribution >= 0.6 is 0 Å². The number of anilines is 1. The molecule has 0 aliphatic carbocycles. The van der Waals surface area contributed by atoms with Gasteiger partial charge >= 0.3 is 0 Å². The van der Waals surface area contributed by atoms with E-state index in [2.05, 4.69) is 15.3 Å². The molecule has 0 radical (unpaired) electrons. The van der Waals surface area contributed by atoms with Crippen molar-refractivity contribution in [1.29, 1.82) is 0 Å². The van der Waals surface area contributed by atoms with Crippen LogP contribution in [0.5, 0.6) is 5.88 Å². The van der Waals surface area contributed by atoms with Gasteiger partial charge in [-0.1, -0.05) is 42.5 Å². The third-order valence-electron chi connectivity index (χ3n) is 4.47. The van der Waals surface area contributed by atoms with Crippen molar-refractivity contribution in [2.45, 2.75) is 6.61 Å². The number of carbonyl (C=O) groups is 1. The second kappa shape index (κ2) is 8.96. The number of ether oxygens (including phenoxy) is 1. The Hall–Kier alpha value is -4.06. The Labute approximate surface area is 173 Å². The Kier molecular flexibility index (Phi) is 5.75. The number of amides is 1. The van der Waals surface area contributed by atoms with Crippen molar-refractivity contribution in [2.24, 2.45) is 0 Å². The monoisotopic (exact) mass is 399 g/mol. The first kappa shape index (κ1) is 19.3. The van der Waals surface area contributed by atoms with Gasteiger partial charge in [0, 0.05) is 29.2 Å². The maximum absolute atomic E-state index is 14.1. The van der Waals surface area contributed by atoms with E-state index in [-0.39, 0.29) is 12.5 Å². The van der Waals surface area contributed by atoms with Crippen LogP contribution < -0.4 is 10.1 Å². The van der Waals surface area contributed by atoms with E-state index in [1.165, 1.54) is 30.7 Å². The van der Waals surface area contributed by atoms with Crippen LogP contribution in [0.2, 0.25) is 0 Å². The molecule has 4 aromatic rings. The lowest BCUT2D eigenvalue weighted by atomic mass is 10.0. The molecule has 148 valence electrons. The van der Waals surface area contributed by atoms with Crippen molar-refractivity contribution >= 4 is 11.6 Å². The summed E-state index contributed by atoms with van der Waals surface area (Å²) in [5.74, 6) is -0.407. The van der Waals surface area contributed by atoms with Crippen molar-refractivity contribution in [1.82, 2.24) is 9.97 Å². The van der Waals surface area contributed by atoms with Crippen molar-refractivity contribution in [2.75, 3.05) is 5.32 Å². The summed E-state index contributed by atoms with van der Waals surface area (Å²) >= 11 is 0. The zero-order chi connectivity index (χ0) is 20.8. The number of hydrogen-bond donors (Lipinski definition) is 1. The lowest BCUT2D eigenvalue weighted by Gasteiger charge is -2.10. The summed E-state index contributed by atoms with van der Waals surface area (Å²) in [4.78, 5) is 20.5. The molecule has 0 fully saturated rings. The minimum Gasteiger partial charge on any atom is -0.472 e. The summed E-state index contributed by atoms with van der Waals surface area (Å²) in [7, 11) is 0. The van der Waals surface area contributed by atoms with E-state index in [0.29, 0.717) is 22.7 Å². The summed E-state index contributed by atoms with van der Waals surface area (Å²) in [6, 6.07) is 21.6. The minimum absolute atomic E-state index is 0.0278. The summed E-state index contributed by atoms with van der Waals surface area (Å²) in [5.41, 5.74) is 3.40. The smallest absolute Gasteiger partial charge is 0.255 e. The number of rotatable bonds is 6. The largest absolute Gasteiger partial charge is 0.472 e. The molecule has 0 spiro atoms. The highest BCUT2D eigenvalue weighted by Gasteiger charge is 2.10. The van der Waals surface area contributed by atoms with E-state index < -0.39 is 5.82 Å². The van der Waals surface area contributed by atoms with Gasteiger partial charge in [0.15, 0.2) is 0 Å². The normalized spacial score (nSPS) is 10.4. The molecule has 0 atom stereocenters. The minimum atomic E-state index is -0.427. The van der Waals surface area contributed by atoms with E-state index in [1.54, 1.807) is 18.2 Å². The van der Waals surface area contributed by atoms with Crippen molar-refractivity contribution in [3.63, 3.8) is 0 Å². The number of halogens is 1. The summed E-state index contributed by atoms with van der Waals surface area (Å²) < 4.78 is 19.6. The average molecular weight is 399 g/mol. The Bertz CT molecular complexity index is 1130. The number of hydrogen-bond acceptors (Lipinski definition) is 4. The van der Waals surface area contributed by atoms with Crippen molar-refractivity contribution in [3.05, 3.63) is 108 Å². The lowest BCUT2D eigenvalue weighted by Crippen LogP contribution is -2.12. The van der Waals surface area contributed by atoms with E-state index in [0.717, 1.165) is 11.1 Å². The summed E-state index contributed by atoms with van der Waals surface area (Å²) in [6.07, 6.45) is 4.46.